The summed E-state index contributed by atoms with van der Waals surface area (Å²) in [6, 6.07) is 8.08. The molecule has 4 heteroatoms. The molecular formula is C13H18ClNOS. The van der Waals surface area contributed by atoms with E-state index in [1.165, 1.54) is 17.9 Å². The predicted octanol–water partition coefficient (Wildman–Crippen LogP) is 2.81. The molecule has 1 aliphatic heterocycles. The average Bonchev–Trinajstić information content (AvgIpc) is 2.82. The van der Waals surface area contributed by atoms with Crippen LogP contribution in [0.2, 0.25) is 5.02 Å². The largest absolute Gasteiger partial charge is 0.387 e. The average molecular weight is 272 g/mol. The van der Waals surface area contributed by atoms with Crippen LogP contribution in [-0.2, 0) is 0 Å². The van der Waals surface area contributed by atoms with Gasteiger partial charge in [-0.25, -0.2) is 0 Å². The van der Waals surface area contributed by atoms with Crippen LogP contribution in [0.1, 0.15) is 18.1 Å². The van der Waals surface area contributed by atoms with E-state index in [4.69, 9.17) is 11.6 Å². The van der Waals surface area contributed by atoms with E-state index in [1.807, 2.05) is 36.0 Å². The molecule has 1 N–H and O–H groups in total. The Hall–Kier alpha value is -0.220. The molecule has 1 aromatic rings. The molecule has 2 atom stereocenters. The van der Waals surface area contributed by atoms with Crippen molar-refractivity contribution in [3.05, 3.63) is 34.9 Å². The number of nitrogens with zero attached hydrogens (tertiary/aromatic N) is 1. The Bertz CT molecular complexity index is 368. The Labute approximate surface area is 112 Å². The monoisotopic (exact) mass is 271 g/mol. The molecule has 0 amide bonds. The van der Waals surface area contributed by atoms with Crippen LogP contribution >= 0.6 is 23.4 Å². The summed E-state index contributed by atoms with van der Waals surface area (Å²) in [6.45, 7) is 0.672. The fourth-order valence-corrected chi connectivity index (χ4v) is 3.61. The van der Waals surface area contributed by atoms with Crippen LogP contribution in [0, 0.1) is 0 Å². The number of thioether (sulfide) groups is 1. The highest BCUT2D eigenvalue weighted by Gasteiger charge is 2.22. The van der Waals surface area contributed by atoms with Gasteiger partial charge < -0.3 is 5.11 Å². The summed E-state index contributed by atoms with van der Waals surface area (Å²) < 4.78 is 0. The summed E-state index contributed by atoms with van der Waals surface area (Å²) in [7, 11) is 2.09. The summed E-state index contributed by atoms with van der Waals surface area (Å²) in [5.41, 5.74) is 0.898. The number of rotatable bonds is 4. The van der Waals surface area contributed by atoms with Crippen LogP contribution in [0.5, 0.6) is 0 Å². The summed E-state index contributed by atoms with van der Waals surface area (Å²) in [5, 5.41) is 10.8. The third kappa shape index (κ3) is 3.62. The Morgan fingerprint density at radius 2 is 2.41 bits per heavy atom. The van der Waals surface area contributed by atoms with Gasteiger partial charge in [0.2, 0.25) is 0 Å². The zero-order valence-electron chi connectivity index (χ0n) is 9.97. The van der Waals surface area contributed by atoms with E-state index < -0.39 is 6.10 Å². The van der Waals surface area contributed by atoms with E-state index in [2.05, 4.69) is 11.9 Å². The molecule has 1 saturated heterocycles. The zero-order chi connectivity index (χ0) is 12.3. The molecule has 0 unspecified atom stereocenters. The molecule has 1 aromatic carbocycles. The van der Waals surface area contributed by atoms with Crippen molar-refractivity contribution in [2.45, 2.75) is 18.6 Å². The first-order valence-corrected chi connectivity index (χ1v) is 7.41. The lowest BCUT2D eigenvalue weighted by Crippen LogP contribution is -2.34. The van der Waals surface area contributed by atoms with Gasteiger partial charge in [-0.2, -0.15) is 11.8 Å². The molecule has 0 aromatic heterocycles. The Kier molecular flexibility index (Phi) is 4.74. The number of aliphatic hydroxyl groups excluding tert-OH is 1. The van der Waals surface area contributed by atoms with Gasteiger partial charge >= 0.3 is 0 Å². The lowest BCUT2D eigenvalue weighted by atomic mass is 10.1. The number of hydrogen-bond acceptors (Lipinski definition) is 3. The van der Waals surface area contributed by atoms with E-state index in [1.54, 1.807) is 0 Å². The van der Waals surface area contributed by atoms with Crippen LogP contribution in [0.25, 0.3) is 0 Å². The van der Waals surface area contributed by atoms with Gasteiger partial charge in [0.25, 0.3) is 0 Å². The minimum atomic E-state index is -0.454. The first-order chi connectivity index (χ1) is 8.16. The predicted molar refractivity (Wildman–Crippen MR) is 74.8 cm³/mol. The quantitative estimate of drug-likeness (QED) is 0.911. The first kappa shape index (κ1) is 13.2. The highest BCUT2D eigenvalue weighted by Crippen LogP contribution is 2.24. The van der Waals surface area contributed by atoms with Gasteiger partial charge in [0.1, 0.15) is 0 Å². The molecule has 94 valence electrons. The lowest BCUT2D eigenvalue weighted by Gasteiger charge is -2.26. The van der Waals surface area contributed by atoms with Gasteiger partial charge in [-0.1, -0.05) is 23.7 Å². The second-order valence-corrected chi connectivity index (χ2v) is 6.11. The van der Waals surface area contributed by atoms with Gasteiger partial charge in [-0.3, -0.25) is 4.90 Å². The van der Waals surface area contributed by atoms with Crippen LogP contribution in [0.4, 0.5) is 0 Å². The van der Waals surface area contributed by atoms with Crippen molar-refractivity contribution >= 4 is 23.4 Å². The molecule has 1 aliphatic rings. The van der Waals surface area contributed by atoms with Gasteiger partial charge in [-0.05, 0) is 36.9 Å². The van der Waals surface area contributed by atoms with Crippen LogP contribution in [0.15, 0.2) is 24.3 Å². The molecule has 0 radical (unpaired) electrons. The second kappa shape index (κ2) is 6.10. The summed E-state index contributed by atoms with van der Waals surface area (Å²) >= 11 is 7.92. The third-order valence-electron chi connectivity index (χ3n) is 3.22. The van der Waals surface area contributed by atoms with Crippen LogP contribution < -0.4 is 0 Å². The maximum atomic E-state index is 10.2. The number of benzene rings is 1. The second-order valence-electron chi connectivity index (χ2n) is 4.53. The minimum Gasteiger partial charge on any atom is -0.387 e. The fourth-order valence-electron chi connectivity index (χ4n) is 2.11. The standard InChI is InChI=1S/C13H18ClNOS/c1-15(12-5-6-17-9-12)8-13(16)10-3-2-4-11(14)7-10/h2-4,7,12-13,16H,5-6,8-9H2,1H3/t12-,13-/m1/s1. The van der Waals surface area contributed by atoms with Crippen molar-refractivity contribution < 1.29 is 5.11 Å². The van der Waals surface area contributed by atoms with Gasteiger partial charge in [-0.15, -0.1) is 0 Å². The fraction of sp³-hybridized carbons (Fsp3) is 0.538. The van der Waals surface area contributed by atoms with Crippen molar-refractivity contribution in [2.24, 2.45) is 0 Å². The summed E-state index contributed by atoms with van der Waals surface area (Å²) in [4.78, 5) is 2.26. The highest BCUT2D eigenvalue weighted by molar-refractivity contribution is 7.99. The third-order valence-corrected chi connectivity index (χ3v) is 4.60. The Morgan fingerprint density at radius 1 is 1.59 bits per heavy atom. The van der Waals surface area contributed by atoms with E-state index in [0.717, 1.165) is 5.56 Å². The van der Waals surface area contributed by atoms with Crippen molar-refractivity contribution in [3.63, 3.8) is 0 Å². The van der Waals surface area contributed by atoms with E-state index in [9.17, 15) is 5.11 Å². The van der Waals surface area contributed by atoms with Gasteiger partial charge in [0.05, 0.1) is 6.10 Å². The van der Waals surface area contributed by atoms with E-state index in [0.29, 0.717) is 17.6 Å². The molecule has 0 bridgehead atoms. The zero-order valence-corrected chi connectivity index (χ0v) is 11.5. The van der Waals surface area contributed by atoms with Crippen molar-refractivity contribution in [3.8, 4) is 0 Å². The Morgan fingerprint density at radius 3 is 3.06 bits per heavy atom. The number of halogens is 1. The SMILES string of the molecule is CN(C[C@@H](O)c1cccc(Cl)c1)[C@@H]1CCSC1. The van der Waals surface area contributed by atoms with Crippen LogP contribution in [0.3, 0.4) is 0 Å². The summed E-state index contributed by atoms with van der Waals surface area (Å²) in [6.07, 6.45) is 0.771. The number of likely N-dealkylation sites (N-methyl/N-ethyl adjacent to an activating group) is 1. The molecule has 0 aliphatic carbocycles. The van der Waals surface area contributed by atoms with Crippen molar-refractivity contribution in [2.75, 3.05) is 25.1 Å². The van der Waals surface area contributed by atoms with Crippen LogP contribution in [-0.4, -0.2) is 41.1 Å². The topological polar surface area (TPSA) is 23.5 Å². The normalized spacial score (nSPS) is 22.0. The van der Waals surface area contributed by atoms with Gasteiger partial charge in [0.15, 0.2) is 0 Å². The van der Waals surface area contributed by atoms with Crippen molar-refractivity contribution in [1.29, 1.82) is 0 Å². The van der Waals surface area contributed by atoms with E-state index in [-0.39, 0.29) is 0 Å². The number of aliphatic hydroxyl groups is 1. The molecule has 0 saturated carbocycles. The minimum absolute atomic E-state index is 0.454. The molecule has 1 fully saturated rings. The maximum absolute atomic E-state index is 10.2. The van der Waals surface area contributed by atoms with E-state index >= 15 is 0 Å². The Balaban J connectivity index is 1.93. The highest BCUT2D eigenvalue weighted by atomic mass is 35.5. The number of hydrogen-bond donors (Lipinski definition) is 1. The molecule has 17 heavy (non-hydrogen) atoms. The smallest absolute Gasteiger partial charge is 0.0917 e. The molecule has 2 nitrogen and oxygen atoms in total. The lowest BCUT2D eigenvalue weighted by molar-refractivity contribution is 0.110. The maximum Gasteiger partial charge on any atom is 0.0917 e. The molecule has 1 heterocycles. The van der Waals surface area contributed by atoms with Crippen molar-refractivity contribution in [1.82, 2.24) is 4.90 Å². The molecule has 2 rings (SSSR count). The van der Waals surface area contributed by atoms with Gasteiger partial charge in [0, 0.05) is 23.4 Å². The molecule has 0 spiro atoms. The summed E-state index contributed by atoms with van der Waals surface area (Å²) in [5.74, 6) is 2.42. The first-order valence-electron chi connectivity index (χ1n) is 5.88. The molecular weight excluding hydrogens is 254 g/mol.